The standard InChI is InChI=1S/C23H13F7N2O4/c24-15-8-11(3-5-18(15)36-23(28,29)30)13(20-14(22(25,26)27)2-1-7-31-20)10-17(33)12-4-6-19-16(9-12)32-21(34)35-19/h1-9,13H,10H2,(H,32,34)/t13-/m0/s1. The lowest BCUT2D eigenvalue weighted by Gasteiger charge is -2.21. The van der Waals surface area contributed by atoms with Gasteiger partial charge in [0, 0.05) is 24.1 Å². The van der Waals surface area contributed by atoms with Crippen molar-refractivity contribution in [2.24, 2.45) is 0 Å². The molecule has 0 spiro atoms. The Hall–Kier alpha value is -4.16. The van der Waals surface area contributed by atoms with Gasteiger partial charge in [-0.1, -0.05) is 6.07 Å². The van der Waals surface area contributed by atoms with E-state index in [1.165, 1.54) is 18.2 Å². The average molecular weight is 514 g/mol. The van der Waals surface area contributed by atoms with Crippen LogP contribution in [0.2, 0.25) is 0 Å². The van der Waals surface area contributed by atoms with Crippen molar-refractivity contribution in [2.45, 2.75) is 24.9 Å². The van der Waals surface area contributed by atoms with Gasteiger partial charge in [0.15, 0.2) is 22.9 Å². The number of oxazole rings is 1. The lowest BCUT2D eigenvalue weighted by Crippen LogP contribution is -2.19. The summed E-state index contributed by atoms with van der Waals surface area (Å²) in [6.07, 6.45) is -9.71. The molecule has 0 saturated carbocycles. The lowest BCUT2D eigenvalue weighted by atomic mass is 9.86. The van der Waals surface area contributed by atoms with Crippen molar-refractivity contribution >= 4 is 16.9 Å². The van der Waals surface area contributed by atoms with Crippen molar-refractivity contribution in [3.05, 3.63) is 93.5 Å². The van der Waals surface area contributed by atoms with E-state index in [1.807, 2.05) is 0 Å². The van der Waals surface area contributed by atoms with E-state index in [-0.39, 0.29) is 22.2 Å². The summed E-state index contributed by atoms with van der Waals surface area (Å²) in [5.41, 5.74) is -1.77. The molecular weight excluding hydrogens is 501 g/mol. The number of alkyl halides is 6. The van der Waals surface area contributed by atoms with E-state index in [1.54, 1.807) is 0 Å². The second kappa shape index (κ2) is 9.13. The largest absolute Gasteiger partial charge is 0.573 e. The summed E-state index contributed by atoms with van der Waals surface area (Å²) in [5.74, 6) is -5.68. The number of nitrogens with zero attached hydrogens (tertiary/aromatic N) is 1. The number of nitrogens with one attached hydrogen (secondary N) is 1. The van der Waals surface area contributed by atoms with Crippen LogP contribution in [0.3, 0.4) is 0 Å². The minimum atomic E-state index is -5.20. The fourth-order valence-corrected chi connectivity index (χ4v) is 3.68. The molecule has 0 radical (unpaired) electrons. The number of aromatic amines is 1. The predicted molar refractivity (Wildman–Crippen MR) is 110 cm³/mol. The molecule has 1 atom stereocenters. The zero-order valence-corrected chi connectivity index (χ0v) is 17.7. The summed E-state index contributed by atoms with van der Waals surface area (Å²) in [5, 5.41) is 0. The Kier molecular flexibility index (Phi) is 6.33. The smallest absolute Gasteiger partial charge is 0.408 e. The number of carbonyl (C=O) groups is 1. The van der Waals surface area contributed by atoms with Gasteiger partial charge < -0.3 is 9.15 Å². The number of H-pyrrole nitrogens is 1. The summed E-state index contributed by atoms with van der Waals surface area (Å²) in [4.78, 5) is 30.5. The second-order valence-corrected chi connectivity index (χ2v) is 7.58. The van der Waals surface area contributed by atoms with Crippen LogP contribution in [0.1, 0.15) is 39.5 Å². The third kappa shape index (κ3) is 5.39. The SMILES string of the molecule is O=C(C[C@@H](c1ccc(OC(F)(F)F)c(F)c1)c1ncccc1C(F)(F)F)c1ccc2oc(=O)[nH]c2c1. The van der Waals surface area contributed by atoms with Crippen LogP contribution in [-0.2, 0) is 6.18 Å². The van der Waals surface area contributed by atoms with Crippen LogP contribution in [-0.4, -0.2) is 22.1 Å². The van der Waals surface area contributed by atoms with E-state index in [2.05, 4.69) is 14.7 Å². The highest BCUT2D eigenvalue weighted by Crippen LogP contribution is 2.39. The minimum absolute atomic E-state index is 0.00784. The number of ether oxygens (including phenoxy) is 1. The number of aromatic nitrogens is 2. The molecule has 0 amide bonds. The highest BCUT2D eigenvalue weighted by atomic mass is 19.4. The molecule has 0 aliphatic heterocycles. The zero-order valence-electron chi connectivity index (χ0n) is 17.7. The number of hydrogen-bond acceptors (Lipinski definition) is 5. The maximum atomic E-state index is 14.4. The van der Waals surface area contributed by atoms with Gasteiger partial charge in [0.05, 0.1) is 16.8 Å². The van der Waals surface area contributed by atoms with Gasteiger partial charge in [-0.05, 0) is 48.0 Å². The van der Waals surface area contributed by atoms with Gasteiger partial charge in [-0.2, -0.15) is 13.2 Å². The molecule has 0 bridgehead atoms. The highest BCUT2D eigenvalue weighted by molar-refractivity contribution is 5.99. The molecule has 188 valence electrons. The summed E-state index contributed by atoms with van der Waals surface area (Å²) in [6.45, 7) is 0. The lowest BCUT2D eigenvalue weighted by molar-refractivity contribution is -0.275. The number of carbonyl (C=O) groups excluding carboxylic acids is 1. The monoisotopic (exact) mass is 514 g/mol. The van der Waals surface area contributed by atoms with Crippen molar-refractivity contribution in [3.8, 4) is 5.75 Å². The number of fused-ring (bicyclic) bond motifs is 1. The Bertz CT molecular complexity index is 1490. The summed E-state index contributed by atoms with van der Waals surface area (Å²) >= 11 is 0. The van der Waals surface area contributed by atoms with E-state index in [4.69, 9.17) is 4.42 Å². The van der Waals surface area contributed by atoms with Crippen LogP contribution in [0, 0.1) is 5.82 Å². The quantitative estimate of drug-likeness (QED) is 0.253. The Balaban J connectivity index is 1.78. The van der Waals surface area contributed by atoms with Crippen molar-refractivity contribution in [2.75, 3.05) is 0 Å². The first-order valence-electron chi connectivity index (χ1n) is 10.0. The average Bonchev–Trinajstić information content (AvgIpc) is 3.16. The van der Waals surface area contributed by atoms with Crippen LogP contribution in [0.4, 0.5) is 30.7 Å². The molecule has 36 heavy (non-hydrogen) atoms. The van der Waals surface area contributed by atoms with Crippen LogP contribution in [0.5, 0.6) is 5.75 Å². The molecule has 0 unspecified atom stereocenters. The van der Waals surface area contributed by atoms with Crippen molar-refractivity contribution in [1.29, 1.82) is 0 Å². The predicted octanol–water partition coefficient (Wildman–Crippen LogP) is 5.98. The van der Waals surface area contributed by atoms with E-state index in [0.29, 0.717) is 12.1 Å². The molecule has 0 saturated heterocycles. The second-order valence-electron chi connectivity index (χ2n) is 7.58. The van der Waals surface area contributed by atoms with Gasteiger partial charge >= 0.3 is 18.3 Å². The minimum Gasteiger partial charge on any atom is -0.408 e. The Morgan fingerprint density at radius 2 is 1.81 bits per heavy atom. The van der Waals surface area contributed by atoms with Gasteiger partial charge in [0.25, 0.3) is 0 Å². The normalized spacial score (nSPS) is 13.1. The van der Waals surface area contributed by atoms with Crippen molar-refractivity contribution in [1.82, 2.24) is 9.97 Å². The van der Waals surface area contributed by atoms with E-state index >= 15 is 0 Å². The van der Waals surface area contributed by atoms with Gasteiger partial charge in [0.2, 0.25) is 0 Å². The van der Waals surface area contributed by atoms with Crippen molar-refractivity contribution < 1.29 is 44.7 Å². The Morgan fingerprint density at radius 3 is 2.47 bits per heavy atom. The molecule has 1 N–H and O–H groups in total. The van der Waals surface area contributed by atoms with Crippen LogP contribution >= 0.6 is 0 Å². The topological polar surface area (TPSA) is 85.2 Å². The molecule has 2 aromatic heterocycles. The summed E-state index contributed by atoms with van der Waals surface area (Å²) in [7, 11) is 0. The number of Topliss-reactive ketones (excluding diaryl/α,β-unsaturated/α-hetero) is 1. The van der Waals surface area contributed by atoms with Gasteiger partial charge in [-0.3, -0.25) is 14.8 Å². The molecule has 4 rings (SSSR count). The number of ketones is 1. The molecule has 0 fully saturated rings. The highest BCUT2D eigenvalue weighted by Gasteiger charge is 2.38. The third-order valence-electron chi connectivity index (χ3n) is 5.19. The first-order chi connectivity index (χ1) is 16.8. The Labute approximate surface area is 196 Å². The van der Waals surface area contributed by atoms with Crippen LogP contribution in [0.15, 0.2) is 63.9 Å². The zero-order chi connectivity index (χ0) is 26.3. The molecule has 6 nitrogen and oxygen atoms in total. The van der Waals surface area contributed by atoms with Gasteiger partial charge in [0.1, 0.15) is 0 Å². The first kappa shape index (κ1) is 24.9. The molecule has 13 heteroatoms. The number of pyridine rings is 1. The number of hydrogen-bond donors (Lipinski definition) is 1. The fraction of sp³-hybridized carbons (Fsp3) is 0.174. The van der Waals surface area contributed by atoms with Crippen LogP contribution in [0.25, 0.3) is 11.1 Å². The van der Waals surface area contributed by atoms with Crippen LogP contribution < -0.4 is 10.5 Å². The van der Waals surface area contributed by atoms with E-state index in [0.717, 1.165) is 24.4 Å². The van der Waals surface area contributed by atoms with E-state index in [9.17, 15) is 40.3 Å². The van der Waals surface area contributed by atoms with Crippen molar-refractivity contribution in [3.63, 3.8) is 0 Å². The maximum Gasteiger partial charge on any atom is 0.573 e. The summed E-state index contributed by atoms with van der Waals surface area (Å²) in [6, 6.07) is 7.67. The first-order valence-corrected chi connectivity index (χ1v) is 10.0. The molecule has 2 aromatic carbocycles. The molecule has 0 aliphatic rings. The number of benzene rings is 2. The maximum absolute atomic E-state index is 14.4. The number of halogens is 7. The molecule has 2 heterocycles. The van der Waals surface area contributed by atoms with Gasteiger partial charge in [-0.25, -0.2) is 9.18 Å². The van der Waals surface area contributed by atoms with E-state index < -0.39 is 59.2 Å². The van der Waals surface area contributed by atoms with Gasteiger partial charge in [-0.15, -0.1) is 13.2 Å². The third-order valence-corrected chi connectivity index (χ3v) is 5.19. The fourth-order valence-electron chi connectivity index (χ4n) is 3.68. The Morgan fingerprint density at radius 1 is 1.06 bits per heavy atom. The molecule has 0 aliphatic carbocycles. The number of rotatable bonds is 6. The molecule has 4 aromatic rings. The molecular formula is C23H13F7N2O4. The summed E-state index contributed by atoms with van der Waals surface area (Å²) < 4.78 is 101.